The van der Waals surface area contributed by atoms with Gasteiger partial charge in [0.1, 0.15) is 12.1 Å². The van der Waals surface area contributed by atoms with Crippen molar-refractivity contribution in [2.24, 2.45) is 0 Å². The van der Waals surface area contributed by atoms with Crippen LogP contribution in [0.1, 0.15) is 77.3 Å². The molecular formula is C23H35N3O3. The van der Waals surface area contributed by atoms with Gasteiger partial charge in [-0.1, -0.05) is 71.1 Å². The lowest BCUT2D eigenvalue weighted by Gasteiger charge is -2.21. The van der Waals surface area contributed by atoms with Crippen LogP contribution in [0.25, 0.3) is 0 Å². The Morgan fingerprint density at radius 2 is 1.66 bits per heavy atom. The van der Waals surface area contributed by atoms with Gasteiger partial charge in [-0.2, -0.15) is 0 Å². The van der Waals surface area contributed by atoms with Crippen molar-refractivity contribution in [2.75, 3.05) is 11.9 Å². The first-order chi connectivity index (χ1) is 13.9. The number of nitrogens with one attached hydrogen (secondary N) is 2. The van der Waals surface area contributed by atoms with Gasteiger partial charge in [-0.3, -0.25) is 14.5 Å². The summed E-state index contributed by atoms with van der Waals surface area (Å²) >= 11 is 0. The maximum atomic E-state index is 12.9. The molecule has 1 aliphatic heterocycles. The summed E-state index contributed by atoms with van der Waals surface area (Å²) in [5.41, 5.74) is 1.98. The van der Waals surface area contributed by atoms with Crippen LogP contribution in [0, 0.1) is 0 Å². The highest BCUT2D eigenvalue weighted by atomic mass is 16.2. The predicted octanol–water partition coefficient (Wildman–Crippen LogP) is 4.42. The predicted molar refractivity (Wildman–Crippen MR) is 116 cm³/mol. The second-order valence-corrected chi connectivity index (χ2v) is 8.02. The third-order valence-corrected chi connectivity index (χ3v) is 5.69. The molecule has 2 rings (SSSR count). The normalized spacial score (nSPS) is 18.8. The molecule has 0 aromatic heterocycles. The number of anilines is 1. The van der Waals surface area contributed by atoms with Gasteiger partial charge < -0.3 is 10.6 Å². The molecule has 1 heterocycles. The number of imide groups is 1. The molecule has 1 saturated heterocycles. The van der Waals surface area contributed by atoms with Crippen molar-refractivity contribution >= 4 is 23.5 Å². The zero-order valence-electron chi connectivity index (χ0n) is 18.3. The molecule has 0 bridgehead atoms. The smallest absolute Gasteiger partial charge is 0.324 e. The number of benzene rings is 1. The molecule has 4 amide bonds. The Bertz CT molecular complexity index is 725. The molecule has 2 N–H and O–H groups in total. The monoisotopic (exact) mass is 401 g/mol. The number of hydrogen-bond acceptors (Lipinski definition) is 3. The van der Waals surface area contributed by atoms with Crippen LogP contribution in [-0.4, -0.2) is 34.8 Å². The number of amides is 4. The zero-order valence-corrected chi connectivity index (χ0v) is 18.3. The van der Waals surface area contributed by atoms with Crippen molar-refractivity contribution in [3.63, 3.8) is 0 Å². The molecule has 0 aliphatic carbocycles. The van der Waals surface area contributed by atoms with E-state index in [0.29, 0.717) is 6.42 Å². The Kier molecular flexibility index (Phi) is 8.23. The van der Waals surface area contributed by atoms with Crippen molar-refractivity contribution in [1.82, 2.24) is 10.2 Å². The first kappa shape index (κ1) is 22.9. The molecule has 1 aromatic carbocycles. The van der Waals surface area contributed by atoms with Crippen LogP contribution in [0.3, 0.4) is 0 Å². The first-order valence-corrected chi connectivity index (χ1v) is 10.9. The van der Waals surface area contributed by atoms with Crippen LogP contribution in [0.15, 0.2) is 18.2 Å². The summed E-state index contributed by atoms with van der Waals surface area (Å²) in [7, 11) is 0. The summed E-state index contributed by atoms with van der Waals surface area (Å²) in [5.74, 6) is -0.663. The van der Waals surface area contributed by atoms with Crippen molar-refractivity contribution in [3.8, 4) is 0 Å². The highest BCUT2D eigenvalue weighted by Crippen LogP contribution is 2.25. The maximum Gasteiger partial charge on any atom is 0.325 e. The van der Waals surface area contributed by atoms with E-state index in [-0.39, 0.29) is 18.4 Å². The van der Waals surface area contributed by atoms with Crippen LogP contribution in [0.4, 0.5) is 10.5 Å². The summed E-state index contributed by atoms with van der Waals surface area (Å²) in [6, 6.07) is 5.47. The van der Waals surface area contributed by atoms with Gasteiger partial charge in [-0.15, -0.1) is 0 Å². The fourth-order valence-electron chi connectivity index (χ4n) is 3.87. The minimum atomic E-state index is -0.917. The Morgan fingerprint density at radius 1 is 1.03 bits per heavy atom. The van der Waals surface area contributed by atoms with Gasteiger partial charge in [-0.05, 0) is 37.3 Å². The lowest BCUT2D eigenvalue weighted by molar-refractivity contribution is -0.133. The van der Waals surface area contributed by atoms with Crippen molar-refractivity contribution in [3.05, 3.63) is 29.3 Å². The quantitative estimate of drug-likeness (QED) is 0.425. The van der Waals surface area contributed by atoms with E-state index in [1.807, 2.05) is 32.0 Å². The molecular weight excluding hydrogens is 366 g/mol. The van der Waals surface area contributed by atoms with Crippen LogP contribution in [0.2, 0.25) is 0 Å². The van der Waals surface area contributed by atoms with E-state index in [0.717, 1.165) is 60.2 Å². The number of urea groups is 1. The minimum Gasteiger partial charge on any atom is -0.324 e. The second kappa shape index (κ2) is 10.4. The number of carbonyl (C=O) groups is 3. The number of unbranched alkanes of at least 4 members (excludes halogenated alkanes) is 4. The number of para-hydroxylation sites is 1. The Morgan fingerprint density at radius 3 is 2.24 bits per heavy atom. The zero-order chi connectivity index (χ0) is 21.4. The molecule has 1 aromatic rings. The van der Waals surface area contributed by atoms with Crippen LogP contribution >= 0.6 is 0 Å². The van der Waals surface area contributed by atoms with Crippen LogP contribution in [-0.2, 0) is 22.4 Å². The van der Waals surface area contributed by atoms with Gasteiger partial charge in [0.05, 0.1) is 0 Å². The fourth-order valence-corrected chi connectivity index (χ4v) is 3.87. The Labute approximate surface area is 174 Å². The van der Waals surface area contributed by atoms with Crippen molar-refractivity contribution < 1.29 is 14.4 Å². The summed E-state index contributed by atoms with van der Waals surface area (Å²) in [4.78, 5) is 38.9. The van der Waals surface area contributed by atoms with Crippen molar-refractivity contribution in [1.29, 1.82) is 0 Å². The molecule has 160 valence electrons. The third kappa shape index (κ3) is 5.58. The summed E-state index contributed by atoms with van der Waals surface area (Å²) in [5, 5.41) is 5.72. The number of hydrogen-bond donors (Lipinski definition) is 2. The van der Waals surface area contributed by atoms with Gasteiger partial charge in [0, 0.05) is 5.69 Å². The lowest BCUT2D eigenvalue weighted by Crippen LogP contribution is -2.44. The van der Waals surface area contributed by atoms with Crippen LogP contribution in [0.5, 0.6) is 0 Å². The standard InChI is InChI=1S/C23H35N3O3/c1-5-8-9-10-11-15-23(4)21(28)26(22(29)25-23)16-19(27)24-20-17(6-2)13-12-14-18(20)7-3/h12-14H,5-11,15-16H2,1-4H3,(H,24,27)(H,25,29). The largest absolute Gasteiger partial charge is 0.325 e. The molecule has 29 heavy (non-hydrogen) atoms. The summed E-state index contributed by atoms with van der Waals surface area (Å²) in [6.45, 7) is 7.72. The van der Waals surface area contributed by atoms with E-state index < -0.39 is 11.6 Å². The van der Waals surface area contributed by atoms with E-state index in [1.165, 1.54) is 6.42 Å². The molecule has 0 saturated carbocycles. The van der Waals surface area contributed by atoms with E-state index >= 15 is 0 Å². The van der Waals surface area contributed by atoms with Gasteiger partial charge in [0.2, 0.25) is 5.91 Å². The van der Waals surface area contributed by atoms with E-state index in [9.17, 15) is 14.4 Å². The van der Waals surface area contributed by atoms with Gasteiger partial charge in [-0.25, -0.2) is 4.79 Å². The number of aryl methyl sites for hydroxylation is 2. The number of carbonyl (C=O) groups excluding carboxylic acids is 3. The SMILES string of the molecule is CCCCCCCC1(C)NC(=O)N(CC(=O)Nc2c(CC)cccc2CC)C1=O. The minimum absolute atomic E-state index is 0.267. The molecule has 1 atom stereocenters. The number of nitrogens with zero attached hydrogens (tertiary/aromatic N) is 1. The summed E-state index contributed by atoms with van der Waals surface area (Å²) in [6.07, 6.45) is 7.59. The van der Waals surface area contributed by atoms with Gasteiger partial charge >= 0.3 is 6.03 Å². The average molecular weight is 402 g/mol. The topological polar surface area (TPSA) is 78.5 Å². The third-order valence-electron chi connectivity index (χ3n) is 5.69. The molecule has 0 radical (unpaired) electrons. The Balaban J connectivity index is 2.00. The maximum absolute atomic E-state index is 12.9. The molecule has 1 aliphatic rings. The van der Waals surface area contributed by atoms with Crippen LogP contribution < -0.4 is 10.6 Å². The highest BCUT2D eigenvalue weighted by molar-refractivity contribution is 6.10. The van der Waals surface area contributed by atoms with Gasteiger partial charge in [0.25, 0.3) is 5.91 Å². The average Bonchev–Trinajstić information content (AvgIpc) is 2.91. The Hall–Kier alpha value is -2.37. The lowest BCUT2D eigenvalue weighted by atomic mass is 9.94. The van der Waals surface area contributed by atoms with E-state index in [4.69, 9.17) is 0 Å². The first-order valence-electron chi connectivity index (χ1n) is 10.9. The molecule has 1 fully saturated rings. The highest BCUT2D eigenvalue weighted by Gasteiger charge is 2.47. The molecule has 6 nitrogen and oxygen atoms in total. The van der Waals surface area contributed by atoms with Crippen molar-refractivity contribution in [2.45, 2.75) is 84.6 Å². The number of rotatable bonds is 11. The second-order valence-electron chi connectivity index (χ2n) is 8.02. The van der Waals surface area contributed by atoms with Gasteiger partial charge in [0.15, 0.2) is 0 Å². The van der Waals surface area contributed by atoms with E-state index in [2.05, 4.69) is 17.6 Å². The summed E-state index contributed by atoms with van der Waals surface area (Å²) < 4.78 is 0. The van der Waals surface area contributed by atoms with E-state index in [1.54, 1.807) is 6.92 Å². The molecule has 1 unspecified atom stereocenters. The fraction of sp³-hybridized carbons (Fsp3) is 0.609. The molecule has 6 heteroatoms. The molecule has 0 spiro atoms.